The number of nitrogens with zero attached hydrogens (tertiary/aromatic N) is 1. The zero-order valence-corrected chi connectivity index (χ0v) is 10.2. The van der Waals surface area contributed by atoms with Gasteiger partial charge in [-0.15, -0.1) is 0 Å². The molecule has 88 valence electrons. The van der Waals surface area contributed by atoms with Crippen LogP contribution in [0.15, 0.2) is 0 Å². The van der Waals surface area contributed by atoms with Crippen molar-refractivity contribution >= 4 is 15.7 Å². The molecule has 15 heavy (non-hydrogen) atoms. The molecule has 0 aliphatic carbocycles. The number of hydrogen-bond donors (Lipinski definition) is 0. The van der Waals surface area contributed by atoms with Crippen molar-refractivity contribution < 1.29 is 13.2 Å². The number of carbonyl (C=O) groups is 1. The van der Waals surface area contributed by atoms with Crippen LogP contribution < -0.4 is 0 Å². The average Bonchev–Trinajstić information content (AvgIpc) is 2.14. The molecule has 0 aromatic heterocycles. The van der Waals surface area contributed by atoms with Crippen LogP contribution in [0.5, 0.6) is 0 Å². The second-order valence-electron chi connectivity index (χ2n) is 4.47. The third-order valence-electron chi connectivity index (χ3n) is 2.63. The summed E-state index contributed by atoms with van der Waals surface area (Å²) < 4.78 is 22.3. The lowest BCUT2D eigenvalue weighted by Crippen LogP contribution is -2.43. The van der Waals surface area contributed by atoms with Crippen molar-refractivity contribution in [1.82, 2.24) is 4.90 Å². The van der Waals surface area contributed by atoms with E-state index in [2.05, 4.69) is 13.8 Å². The third-order valence-corrected chi connectivity index (χ3v) is 4.24. The van der Waals surface area contributed by atoms with Crippen molar-refractivity contribution in [3.63, 3.8) is 0 Å². The van der Waals surface area contributed by atoms with Gasteiger partial charge in [0.1, 0.15) is 0 Å². The van der Waals surface area contributed by atoms with E-state index in [0.29, 0.717) is 25.4 Å². The van der Waals surface area contributed by atoms with Crippen LogP contribution >= 0.6 is 0 Å². The van der Waals surface area contributed by atoms with Crippen LogP contribution in [0.25, 0.3) is 0 Å². The van der Waals surface area contributed by atoms with E-state index in [1.165, 1.54) is 0 Å². The van der Waals surface area contributed by atoms with Crippen LogP contribution in [0.4, 0.5) is 0 Å². The lowest BCUT2D eigenvalue weighted by atomic mass is 10.1. The van der Waals surface area contributed by atoms with Crippen LogP contribution in [-0.4, -0.2) is 43.8 Å². The second kappa shape index (κ2) is 4.96. The Kier molecular flexibility index (Phi) is 4.13. The molecule has 0 unspecified atom stereocenters. The number of amides is 1. The highest BCUT2D eigenvalue weighted by Gasteiger charge is 2.24. The van der Waals surface area contributed by atoms with Crippen LogP contribution in [0.2, 0.25) is 0 Å². The normalized spacial score (nSPS) is 20.6. The molecular weight excluding hydrogens is 214 g/mol. The van der Waals surface area contributed by atoms with Gasteiger partial charge in [-0.3, -0.25) is 4.79 Å². The highest BCUT2D eigenvalue weighted by Crippen LogP contribution is 2.09. The van der Waals surface area contributed by atoms with Crippen LogP contribution in [-0.2, 0) is 14.6 Å². The van der Waals surface area contributed by atoms with Gasteiger partial charge in [-0.25, -0.2) is 8.42 Å². The third kappa shape index (κ3) is 4.20. The Morgan fingerprint density at radius 1 is 1.27 bits per heavy atom. The first kappa shape index (κ1) is 12.5. The highest BCUT2D eigenvalue weighted by molar-refractivity contribution is 7.91. The molecule has 0 bridgehead atoms. The second-order valence-corrected chi connectivity index (χ2v) is 6.77. The van der Waals surface area contributed by atoms with Gasteiger partial charge in [0.15, 0.2) is 9.84 Å². The first-order chi connectivity index (χ1) is 6.91. The van der Waals surface area contributed by atoms with Gasteiger partial charge in [-0.05, 0) is 12.3 Å². The first-order valence-corrected chi connectivity index (χ1v) is 7.21. The van der Waals surface area contributed by atoms with Crippen molar-refractivity contribution in [2.24, 2.45) is 5.92 Å². The molecule has 0 aromatic rings. The van der Waals surface area contributed by atoms with Crippen molar-refractivity contribution in [3.05, 3.63) is 0 Å². The van der Waals surface area contributed by atoms with E-state index < -0.39 is 9.84 Å². The molecule has 1 aliphatic rings. The molecule has 0 atom stereocenters. The number of hydrogen-bond acceptors (Lipinski definition) is 3. The Morgan fingerprint density at radius 3 is 2.27 bits per heavy atom. The van der Waals surface area contributed by atoms with Gasteiger partial charge in [0.25, 0.3) is 0 Å². The molecule has 5 heteroatoms. The molecule has 1 fully saturated rings. The monoisotopic (exact) mass is 233 g/mol. The largest absolute Gasteiger partial charge is 0.341 e. The SMILES string of the molecule is CC(C)CCC(=O)N1CCS(=O)(=O)CC1. The summed E-state index contributed by atoms with van der Waals surface area (Å²) in [6, 6.07) is 0. The molecular formula is C10H19NO3S. The Morgan fingerprint density at radius 2 is 1.80 bits per heavy atom. The zero-order chi connectivity index (χ0) is 11.5. The smallest absolute Gasteiger partial charge is 0.222 e. The summed E-state index contributed by atoms with van der Waals surface area (Å²) in [5.41, 5.74) is 0. The van der Waals surface area contributed by atoms with Gasteiger partial charge < -0.3 is 4.90 Å². The van der Waals surface area contributed by atoms with E-state index in [1.54, 1.807) is 4.90 Å². The van der Waals surface area contributed by atoms with Crippen LogP contribution in [0.3, 0.4) is 0 Å². The maximum absolute atomic E-state index is 11.6. The fourth-order valence-corrected chi connectivity index (χ4v) is 2.73. The summed E-state index contributed by atoms with van der Waals surface area (Å²) in [6.07, 6.45) is 1.42. The molecule has 1 heterocycles. The lowest BCUT2D eigenvalue weighted by molar-refractivity contribution is -0.131. The highest BCUT2D eigenvalue weighted by atomic mass is 32.2. The molecule has 0 aromatic carbocycles. The van der Waals surface area contributed by atoms with E-state index in [0.717, 1.165) is 6.42 Å². The van der Waals surface area contributed by atoms with Gasteiger partial charge >= 0.3 is 0 Å². The number of rotatable bonds is 3. The van der Waals surface area contributed by atoms with Gasteiger partial charge in [-0.1, -0.05) is 13.8 Å². The summed E-state index contributed by atoms with van der Waals surface area (Å²) in [4.78, 5) is 13.3. The Bertz CT molecular complexity index is 308. The predicted octanol–water partition coefficient (Wildman–Crippen LogP) is 0.680. The minimum Gasteiger partial charge on any atom is -0.341 e. The first-order valence-electron chi connectivity index (χ1n) is 5.39. The van der Waals surface area contributed by atoms with E-state index in [9.17, 15) is 13.2 Å². The number of carbonyl (C=O) groups excluding carboxylic acids is 1. The Labute approximate surface area is 91.6 Å². The van der Waals surface area contributed by atoms with Gasteiger partial charge in [0.05, 0.1) is 11.5 Å². The fraction of sp³-hybridized carbons (Fsp3) is 0.900. The number of sulfone groups is 1. The molecule has 0 radical (unpaired) electrons. The molecule has 1 saturated heterocycles. The van der Waals surface area contributed by atoms with Gasteiger partial charge in [-0.2, -0.15) is 0 Å². The minimum absolute atomic E-state index is 0.0959. The van der Waals surface area contributed by atoms with E-state index >= 15 is 0 Å². The summed E-state index contributed by atoms with van der Waals surface area (Å²) >= 11 is 0. The van der Waals surface area contributed by atoms with E-state index in [1.807, 2.05) is 0 Å². The Hall–Kier alpha value is -0.580. The van der Waals surface area contributed by atoms with Crippen LogP contribution in [0, 0.1) is 5.92 Å². The fourth-order valence-electron chi connectivity index (χ4n) is 1.53. The Balaban J connectivity index is 2.37. The van der Waals surface area contributed by atoms with Crippen molar-refractivity contribution in [2.45, 2.75) is 26.7 Å². The van der Waals surface area contributed by atoms with Crippen LogP contribution in [0.1, 0.15) is 26.7 Å². The lowest BCUT2D eigenvalue weighted by Gasteiger charge is -2.27. The molecule has 1 rings (SSSR count). The standard InChI is InChI=1S/C10H19NO3S/c1-9(2)3-4-10(12)11-5-7-15(13,14)8-6-11/h9H,3-8H2,1-2H3. The molecule has 0 saturated carbocycles. The topological polar surface area (TPSA) is 54.5 Å². The summed E-state index contributed by atoms with van der Waals surface area (Å²) in [7, 11) is -2.87. The maximum atomic E-state index is 11.6. The summed E-state index contributed by atoms with van der Waals surface area (Å²) in [5, 5.41) is 0. The van der Waals surface area contributed by atoms with Gasteiger partial charge in [0, 0.05) is 19.5 Å². The molecule has 1 aliphatic heterocycles. The quantitative estimate of drug-likeness (QED) is 0.720. The average molecular weight is 233 g/mol. The minimum atomic E-state index is -2.87. The van der Waals surface area contributed by atoms with E-state index in [4.69, 9.17) is 0 Å². The molecule has 4 nitrogen and oxygen atoms in total. The van der Waals surface area contributed by atoms with Crippen molar-refractivity contribution in [1.29, 1.82) is 0 Å². The van der Waals surface area contributed by atoms with Gasteiger partial charge in [0.2, 0.25) is 5.91 Å². The molecule has 0 spiro atoms. The van der Waals surface area contributed by atoms with E-state index in [-0.39, 0.29) is 17.4 Å². The predicted molar refractivity (Wildman–Crippen MR) is 59.3 cm³/mol. The van der Waals surface area contributed by atoms with Crippen molar-refractivity contribution in [2.75, 3.05) is 24.6 Å². The van der Waals surface area contributed by atoms with Crippen molar-refractivity contribution in [3.8, 4) is 0 Å². The zero-order valence-electron chi connectivity index (χ0n) is 9.40. The maximum Gasteiger partial charge on any atom is 0.222 e. The summed E-state index contributed by atoms with van der Waals surface area (Å²) in [6.45, 7) is 4.90. The summed E-state index contributed by atoms with van der Waals surface area (Å²) in [5.74, 6) is 0.863. The molecule has 0 N–H and O–H groups in total. The molecule has 1 amide bonds.